The van der Waals surface area contributed by atoms with E-state index in [1.807, 2.05) is 0 Å². The predicted octanol–water partition coefficient (Wildman–Crippen LogP) is 1.87. The van der Waals surface area contributed by atoms with E-state index in [0.29, 0.717) is 30.5 Å². The Morgan fingerprint density at radius 1 is 1.40 bits per heavy atom. The Labute approximate surface area is 123 Å². The van der Waals surface area contributed by atoms with Crippen LogP contribution in [0.15, 0.2) is 25.1 Å². The van der Waals surface area contributed by atoms with Crippen molar-refractivity contribution in [1.29, 1.82) is 0 Å². The number of fused-ring (bicyclic) bond motifs is 1. The molecule has 0 aromatic carbocycles. The molecule has 0 amide bonds. The number of hydrogen-bond acceptors (Lipinski definition) is 4. The van der Waals surface area contributed by atoms with Crippen molar-refractivity contribution < 1.29 is 4.74 Å². The Hall–Kier alpha value is -1.00. The van der Waals surface area contributed by atoms with Crippen LogP contribution in [-0.2, 0) is 4.74 Å². The van der Waals surface area contributed by atoms with Crippen molar-refractivity contribution in [2.75, 3.05) is 39.3 Å². The first-order chi connectivity index (χ1) is 9.61. The van der Waals surface area contributed by atoms with Gasteiger partial charge in [-0.3, -0.25) is 9.80 Å². The quantitative estimate of drug-likeness (QED) is 0.798. The molecule has 2 fully saturated rings. The highest BCUT2D eigenvalue weighted by Crippen LogP contribution is 2.26. The number of nitrogens with zero attached hydrogens (tertiary/aromatic N) is 2. The molecule has 2 heterocycles. The summed E-state index contributed by atoms with van der Waals surface area (Å²) in [6.45, 7) is 18.6. The molecule has 0 spiro atoms. The molecule has 20 heavy (non-hydrogen) atoms. The van der Waals surface area contributed by atoms with Crippen molar-refractivity contribution >= 4 is 0 Å². The van der Waals surface area contributed by atoms with Crippen molar-refractivity contribution in [3.8, 4) is 0 Å². The van der Waals surface area contributed by atoms with Crippen LogP contribution in [0, 0.1) is 11.8 Å². The normalized spacial score (nSPS) is 29.6. The van der Waals surface area contributed by atoms with Crippen molar-refractivity contribution in [3.05, 3.63) is 25.1 Å². The molecule has 2 aliphatic rings. The predicted molar refractivity (Wildman–Crippen MR) is 83.2 cm³/mol. The summed E-state index contributed by atoms with van der Waals surface area (Å²) in [4.78, 5) is 5.17. The van der Waals surface area contributed by atoms with Crippen LogP contribution in [0.4, 0.5) is 0 Å². The molecule has 2 saturated heterocycles. The first-order valence-corrected chi connectivity index (χ1v) is 7.78. The lowest BCUT2D eigenvalue weighted by molar-refractivity contribution is 0.0564. The van der Waals surface area contributed by atoms with Crippen LogP contribution in [0.3, 0.4) is 0 Å². The average molecular weight is 279 g/mol. The summed E-state index contributed by atoms with van der Waals surface area (Å²) in [5, 5.41) is 3.25. The highest BCUT2D eigenvalue weighted by atomic mass is 16.5. The van der Waals surface area contributed by atoms with Crippen molar-refractivity contribution in [1.82, 2.24) is 15.1 Å². The van der Waals surface area contributed by atoms with Gasteiger partial charge in [0.15, 0.2) is 5.88 Å². The van der Waals surface area contributed by atoms with Gasteiger partial charge in [-0.05, 0) is 18.9 Å². The van der Waals surface area contributed by atoms with E-state index in [1.165, 1.54) is 0 Å². The van der Waals surface area contributed by atoms with E-state index in [9.17, 15) is 0 Å². The highest BCUT2D eigenvalue weighted by molar-refractivity contribution is 4.96. The zero-order valence-electron chi connectivity index (χ0n) is 13.0. The molecule has 0 bridgehead atoms. The fraction of sp³-hybridized carbons (Fsp3) is 0.750. The van der Waals surface area contributed by atoms with Crippen molar-refractivity contribution in [3.63, 3.8) is 0 Å². The first kappa shape index (κ1) is 15.4. The van der Waals surface area contributed by atoms with Gasteiger partial charge in [0.2, 0.25) is 0 Å². The fourth-order valence-electron chi connectivity index (χ4n) is 3.31. The van der Waals surface area contributed by atoms with Gasteiger partial charge in [-0.25, -0.2) is 0 Å². The molecular weight excluding hydrogens is 250 g/mol. The summed E-state index contributed by atoms with van der Waals surface area (Å²) in [5.41, 5.74) is 0. The Balaban J connectivity index is 2.10. The monoisotopic (exact) mass is 279 g/mol. The minimum atomic E-state index is 0.478. The van der Waals surface area contributed by atoms with Gasteiger partial charge in [-0.15, -0.1) is 6.58 Å². The number of nitrogens with one attached hydrogen (secondary N) is 1. The lowest BCUT2D eigenvalue weighted by Crippen LogP contribution is -2.47. The summed E-state index contributed by atoms with van der Waals surface area (Å²) >= 11 is 0. The second-order valence-corrected chi connectivity index (χ2v) is 6.23. The molecular formula is C16H29N3O. The molecule has 2 aliphatic heterocycles. The largest absolute Gasteiger partial charge is 0.478 e. The minimum absolute atomic E-state index is 0.478. The Morgan fingerprint density at radius 2 is 2.20 bits per heavy atom. The Bertz CT molecular complexity index is 343. The minimum Gasteiger partial charge on any atom is -0.478 e. The highest BCUT2D eigenvalue weighted by Gasteiger charge is 2.36. The Kier molecular flexibility index (Phi) is 5.49. The number of rotatable bonds is 3. The first-order valence-electron chi connectivity index (χ1n) is 7.78. The van der Waals surface area contributed by atoms with E-state index in [-0.39, 0.29) is 0 Å². The van der Waals surface area contributed by atoms with Crippen LogP contribution in [0.2, 0.25) is 0 Å². The molecule has 1 N–H and O–H groups in total. The molecule has 0 saturated carbocycles. The summed E-state index contributed by atoms with van der Waals surface area (Å²) in [7, 11) is 0. The van der Waals surface area contributed by atoms with Crippen LogP contribution in [0.1, 0.15) is 20.3 Å². The summed E-state index contributed by atoms with van der Waals surface area (Å²) in [5.74, 6) is 1.89. The van der Waals surface area contributed by atoms with Gasteiger partial charge >= 0.3 is 0 Å². The maximum absolute atomic E-state index is 5.62. The van der Waals surface area contributed by atoms with Gasteiger partial charge in [-0.1, -0.05) is 19.9 Å². The second kappa shape index (κ2) is 7.14. The fourth-order valence-corrected chi connectivity index (χ4v) is 3.31. The zero-order chi connectivity index (χ0) is 14.5. The molecule has 4 heteroatoms. The molecule has 2 atom stereocenters. The van der Waals surface area contributed by atoms with Crippen LogP contribution >= 0.6 is 0 Å². The summed E-state index contributed by atoms with van der Waals surface area (Å²) in [6.07, 6.45) is 3.68. The lowest BCUT2D eigenvalue weighted by Gasteiger charge is -2.37. The molecule has 4 nitrogen and oxygen atoms in total. The molecule has 0 aromatic rings. The topological polar surface area (TPSA) is 27.7 Å². The number of ether oxygens (including phenoxy) is 1. The second-order valence-electron chi connectivity index (χ2n) is 6.23. The molecule has 0 aliphatic carbocycles. The smallest absolute Gasteiger partial charge is 0.179 e. The maximum Gasteiger partial charge on any atom is 0.179 e. The van der Waals surface area contributed by atoms with Crippen molar-refractivity contribution in [2.24, 2.45) is 11.8 Å². The third-order valence-electron chi connectivity index (χ3n) is 4.16. The summed E-state index contributed by atoms with van der Waals surface area (Å²) < 4.78 is 5.62. The third kappa shape index (κ3) is 3.76. The van der Waals surface area contributed by atoms with E-state index in [4.69, 9.17) is 4.74 Å². The standard InChI is InChI=1S/C16H29N3O/c1-5-15-6-7-17-14(4)20-11-10-18-8-9-19(16(15)18)12-13(2)3/h5,13,15-17H,1,4,6-12H2,2-3H3. The van der Waals surface area contributed by atoms with Gasteiger partial charge in [0.25, 0.3) is 0 Å². The van der Waals surface area contributed by atoms with Gasteiger partial charge in [0.1, 0.15) is 6.61 Å². The van der Waals surface area contributed by atoms with Gasteiger partial charge < -0.3 is 10.1 Å². The van der Waals surface area contributed by atoms with Gasteiger partial charge in [0.05, 0.1) is 6.17 Å². The van der Waals surface area contributed by atoms with Crippen LogP contribution in [0.5, 0.6) is 0 Å². The van der Waals surface area contributed by atoms with Gasteiger partial charge in [0, 0.05) is 38.6 Å². The summed E-state index contributed by atoms with van der Waals surface area (Å²) in [6, 6.07) is 0. The average Bonchev–Trinajstić information content (AvgIpc) is 2.77. The van der Waals surface area contributed by atoms with Gasteiger partial charge in [-0.2, -0.15) is 0 Å². The third-order valence-corrected chi connectivity index (χ3v) is 4.16. The maximum atomic E-state index is 5.62. The van der Waals surface area contributed by atoms with E-state index >= 15 is 0 Å². The molecule has 2 unspecified atom stereocenters. The van der Waals surface area contributed by atoms with E-state index in [0.717, 1.165) is 39.1 Å². The van der Waals surface area contributed by atoms with Crippen LogP contribution < -0.4 is 5.32 Å². The molecule has 114 valence electrons. The zero-order valence-corrected chi connectivity index (χ0v) is 13.0. The SMILES string of the molecule is C=CC1CCNC(=C)OCCN2CCN(CC(C)C)C12. The van der Waals surface area contributed by atoms with Crippen molar-refractivity contribution in [2.45, 2.75) is 26.4 Å². The van der Waals surface area contributed by atoms with E-state index < -0.39 is 0 Å². The van der Waals surface area contributed by atoms with Crippen LogP contribution in [0.25, 0.3) is 0 Å². The molecule has 0 aromatic heterocycles. The lowest BCUT2D eigenvalue weighted by atomic mass is 9.99. The number of hydrogen-bond donors (Lipinski definition) is 1. The van der Waals surface area contributed by atoms with Crippen LogP contribution in [-0.4, -0.2) is 55.3 Å². The van der Waals surface area contributed by atoms with E-state index in [1.54, 1.807) is 0 Å². The molecule has 2 rings (SSSR count). The molecule has 0 radical (unpaired) electrons. The van der Waals surface area contributed by atoms with E-state index in [2.05, 4.69) is 48.2 Å². The Morgan fingerprint density at radius 3 is 2.90 bits per heavy atom.